The van der Waals surface area contributed by atoms with Crippen LogP contribution in [-0.2, 0) is 4.79 Å². The molecule has 1 saturated heterocycles. The highest BCUT2D eigenvalue weighted by Gasteiger charge is 2.34. The molecule has 0 radical (unpaired) electrons. The summed E-state index contributed by atoms with van der Waals surface area (Å²) in [6, 6.07) is 8.88. The molecule has 27 heavy (non-hydrogen) atoms. The number of carbonyl (C=O) groups is 1. The van der Waals surface area contributed by atoms with Crippen molar-refractivity contribution in [2.45, 2.75) is 37.6 Å². The molecular weight excluding hydrogens is 346 g/mol. The molecule has 2 fully saturated rings. The van der Waals surface area contributed by atoms with E-state index in [0.717, 1.165) is 64.0 Å². The molecule has 144 valence electrons. The molecule has 1 saturated carbocycles. The van der Waals surface area contributed by atoms with Gasteiger partial charge in [0.15, 0.2) is 0 Å². The van der Waals surface area contributed by atoms with Gasteiger partial charge in [-0.25, -0.2) is 0 Å². The number of rotatable bonds is 5. The summed E-state index contributed by atoms with van der Waals surface area (Å²) in [6.07, 6.45) is 4.58. The van der Waals surface area contributed by atoms with Crippen molar-refractivity contribution in [3.8, 4) is 6.07 Å². The van der Waals surface area contributed by atoms with Gasteiger partial charge in [-0.2, -0.15) is 5.26 Å². The quantitative estimate of drug-likeness (QED) is 0.628. The zero-order valence-electron chi connectivity index (χ0n) is 15.4. The van der Waals surface area contributed by atoms with E-state index in [0.29, 0.717) is 6.54 Å². The second kappa shape index (κ2) is 8.35. The van der Waals surface area contributed by atoms with Crippen LogP contribution in [0.4, 0.5) is 11.4 Å². The van der Waals surface area contributed by atoms with Crippen molar-refractivity contribution in [3.63, 3.8) is 0 Å². The zero-order chi connectivity index (χ0) is 19.3. The predicted molar refractivity (Wildman–Crippen MR) is 101 cm³/mol. The molecule has 3 rings (SSSR count). The summed E-state index contributed by atoms with van der Waals surface area (Å²) in [5.41, 5.74) is 0.356. The fourth-order valence-electron chi connectivity index (χ4n) is 3.88. The van der Waals surface area contributed by atoms with Gasteiger partial charge >= 0.3 is 0 Å². The topological polar surface area (TPSA) is 103 Å². The van der Waals surface area contributed by atoms with Crippen LogP contribution in [0.15, 0.2) is 24.3 Å². The zero-order valence-corrected chi connectivity index (χ0v) is 15.4. The largest absolute Gasteiger partial charge is 0.369 e. The van der Waals surface area contributed by atoms with Gasteiger partial charge in [-0.15, -0.1) is 0 Å². The van der Waals surface area contributed by atoms with Crippen molar-refractivity contribution in [2.24, 2.45) is 0 Å². The van der Waals surface area contributed by atoms with Crippen LogP contribution in [0.2, 0.25) is 0 Å². The monoisotopic (exact) mass is 371 g/mol. The van der Waals surface area contributed by atoms with Gasteiger partial charge in [-0.05, 0) is 25.0 Å². The summed E-state index contributed by atoms with van der Waals surface area (Å²) in [5, 5.41) is 23.2. The average Bonchev–Trinajstić information content (AvgIpc) is 2.69. The number of benzene rings is 1. The second-order valence-corrected chi connectivity index (χ2v) is 7.34. The second-order valence-electron chi connectivity index (χ2n) is 7.34. The van der Waals surface area contributed by atoms with E-state index in [1.54, 1.807) is 12.1 Å². The Hall–Kier alpha value is -2.66. The van der Waals surface area contributed by atoms with Crippen LogP contribution in [0.25, 0.3) is 0 Å². The first-order valence-electron chi connectivity index (χ1n) is 9.45. The molecule has 1 aromatic rings. The maximum absolute atomic E-state index is 12.4. The standard InChI is InChI=1S/C19H25N5O3/c20-15-19(8-2-1-3-9-19)21-18(25)14-22-10-12-23(13-11-22)16-4-6-17(7-5-16)24(26)27/h4-7H,1-3,8-14H2,(H,21,25). The number of nitrogens with one attached hydrogen (secondary N) is 1. The highest BCUT2D eigenvalue weighted by atomic mass is 16.6. The highest BCUT2D eigenvalue weighted by Crippen LogP contribution is 2.27. The molecule has 0 bridgehead atoms. The van der Waals surface area contributed by atoms with E-state index in [4.69, 9.17) is 0 Å². The molecule has 8 nitrogen and oxygen atoms in total. The van der Waals surface area contributed by atoms with Gasteiger partial charge in [-0.3, -0.25) is 19.8 Å². The summed E-state index contributed by atoms with van der Waals surface area (Å²) in [4.78, 5) is 27.0. The van der Waals surface area contributed by atoms with Gasteiger partial charge in [0.05, 0.1) is 17.5 Å². The van der Waals surface area contributed by atoms with E-state index in [2.05, 4.69) is 21.2 Å². The number of piperazine rings is 1. The Kier molecular flexibility index (Phi) is 5.91. The van der Waals surface area contributed by atoms with Gasteiger partial charge in [0.2, 0.25) is 5.91 Å². The smallest absolute Gasteiger partial charge is 0.269 e. The summed E-state index contributed by atoms with van der Waals surface area (Å²) in [5.74, 6) is -0.0813. The fraction of sp³-hybridized carbons (Fsp3) is 0.579. The molecule has 2 aliphatic rings. The third kappa shape index (κ3) is 4.74. The van der Waals surface area contributed by atoms with Crippen molar-refractivity contribution in [2.75, 3.05) is 37.6 Å². The molecular formula is C19H25N5O3. The first-order chi connectivity index (χ1) is 13.0. The molecule has 0 atom stereocenters. The number of nitro groups is 1. The molecule has 1 aliphatic heterocycles. The van der Waals surface area contributed by atoms with Crippen LogP contribution in [0.3, 0.4) is 0 Å². The van der Waals surface area contributed by atoms with E-state index in [9.17, 15) is 20.2 Å². The summed E-state index contributed by atoms with van der Waals surface area (Å²) >= 11 is 0. The van der Waals surface area contributed by atoms with Crippen molar-refractivity contribution in [1.82, 2.24) is 10.2 Å². The SMILES string of the molecule is N#CC1(NC(=O)CN2CCN(c3ccc([N+](=O)[O-])cc3)CC2)CCCCC1. The van der Waals surface area contributed by atoms with Gasteiger partial charge in [-0.1, -0.05) is 19.3 Å². The lowest BCUT2D eigenvalue weighted by molar-refractivity contribution is -0.384. The van der Waals surface area contributed by atoms with E-state index < -0.39 is 10.5 Å². The Bertz CT molecular complexity index is 714. The lowest BCUT2D eigenvalue weighted by Crippen LogP contribution is -2.54. The summed E-state index contributed by atoms with van der Waals surface area (Å²) in [6.45, 7) is 3.30. The minimum atomic E-state index is -0.685. The van der Waals surface area contributed by atoms with Crippen molar-refractivity contribution >= 4 is 17.3 Å². The number of carbonyl (C=O) groups excluding carboxylic acids is 1. The fourth-order valence-corrected chi connectivity index (χ4v) is 3.88. The average molecular weight is 371 g/mol. The summed E-state index contributed by atoms with van der Waals surface area (Å²) in [7, 11) is 0. The Labute approximate surface area is 158 Å². The van der Waals surface area contributed by atoms with Gasteiger partial charge in [0.25, 0.3) is 5.69 Å². The molecule has 1 aliphatic carbocycles. The van der Waals surface area contributed by atoms with E-state index >= 15 is 0 Å². The van der Waals surface area contributed by atoms with Crippen LogP contribution in [0.5, 0.6) is 0 Å². The van der Waals surface area contributed by atoms with Gasteiger partial charge in [0.1, 0.15) is 5.54 Å². The first kappa shape index (κ1) is 19.1. The van der Waals surface area contributed by atoms with Crippen molar-refractivity contribution in [1.29, 1.82) is 5.26 Å². The van der Waals surface area contributed by atoms with Gasteiger partial charge < -0.3 is 10.2 Å². The van der Waals surface area contributed by atoms with Crippen LogP contribution in [0.1, 0.15) is 32.1 Å². The minimum Gasteiger partial charge on any atom is -0.369 e. The van der Waals surface area contributed by atoms with E-state index in [1.807, 2.05) is 0 Å². The number of nitriles is 1. The van der Waals surface area contributed by atoms with E-state index in [1.165, 1.54) is 12.1 Å². The minimum absolute atomic E-state index is 0.0813. The number of anilines is 1. The number of hydrogen-bond donors (Lipinski definition) is 1. The predicted octanol–water partition coefficient (Wildman–Crippen LogP) is 2.06. The van der Waals surface area contributed by atoms with Crippen LogP contribution < -0.4 is 10.2 Å². The molecule has 0 aromatic heterocycles. The van der Waals surface area contributed by atoms with Crippen LogP contribution >= 0.6 is 0 Å². The molecule has 0 spiro atoms. The lowest BCUT2D eigenvalue weighted by Gasteiger charge is -2.37. The molecule has 1 amide bonds. The molecule has 0 unspecified atom stereocenters. The van der Waals surface area contributed by atoms with Crippen LogP contribution in [0, 0.1) is 21.4 Å². The molecule has 1 aromatic carbocycles. The van der Waals surface area contributed by atoms with Gasteiger partial charge in [0, 0.05) is 44.0 Å². The third-order valence-corrected chi connectivity index (χ3v) is 5.46. The van der Waals surface area contributed by atoms with Crippen LogP contribution in [-0.4, -0.2) is 54.0 Å². The first-order valence-corrected chi connectivity index (χ1v) is 9.45. The van der Waals surface area contributed by atoms with Crippen molar-refractivity contribution < 1.29 is 9.72 Å². The Balaban J connectivity index is 1.48. The number of nitrogens with zero attached hydrogens (tertiary/aromatic N) is 4. The molecule has 8 heteroatoms. The Morgan fingerprint density at radius 3 is 2.33 bits per heavy atom. The lowest BCUT2D eigenvalue weighted by atomic mass is 9.83. The molecule has 1 heterocycles. The Morgan fingerprint density at radius 2 is 1.78 bits per heavy atom. The number of non-ortho nitro benzene ring substituents is 1. The highest BCUT2D eigenvalue weighted by molar-refractivity contribution is 5.79. The Morgan fingerprint density at radius 1 is 1.15 bits per heavy atom. The summed E-state index contributed by atoms with van der Waals surface area (Å²) < 4.78 is 0. The maximum atomic E-state index is 12.4. The number of nitro benzene ring substituents is 1. The molecule has 1 N–H and O–H groups in total. The number of hydrogen-bond acceptors (Lipinski definition) is 6. The normalized spacial score (nSPS) is 19.9. The number of amides is 1. The maximum Gasteiger partial charge on any atom is 0.269 e. The van der Waals surface area contributed by atoms with E-state index in [-0.39, 0.29) is 11.6 Å². The van der Waals surface area contributed by atoms with Crippen molar-refractivity contribution in [3.05, 3.63) is 34.4 Å². The third-order valence-electron chi connectivity index (χ3n) is 5.46.